The first-order valence-corrected chi connectivity index (χ1v) is 9.12. The molecule has 2 aromatic rings. The fourth-order valence-corrected chi connectivity index (χ4v) is 2.45. The molecule has 6 nitrogen and oxygen atoms in total. The monoisotopic (exact) mass is 398 g/mol. The molecule has 0 aliphatic carbocycles. The van der Waals surface area contributed by atoms with Crippen molar-refractivity contribution in [2.45, 2.75) is 26.4 Å². The fourth-order valence-electron chi connectivity index (χ4n) is 2.45. The van der Waals surface area contributed by atoms with E-state index in [1.54, 1.807) is 36.4 Å². The van der Waals surface area contributed by atoms with Crippen LogP contribution in [-0.2, 0) is 25.5 Å². The molecule has 0 saturated carbocycles. The highest BCUT2D eigenvalue weighted by atomic mass is 19.1. The molecule has 0 aliphatic rings. The third-order valence-electron chi connectivity index (χ3n) is 3.92. The Hall–Kier alpha value is -3.48. The van der Waals surface area contributed by atoms with Gasteiger partial charge in [-0.25, -0.2) is 9.18 Å². The highest BCUT2D eigenvalue weighted by molar-refractivity contribution is 5.98. The standard InChI is InChI=1S/C22H23FN2O4/c1-15(21(27)24-13-12-17-8-10-19(23)11-9-17)29-22(28)20(25-16(2)26)14-18-6-4-3-5-7-18/h3-11,14-15H,12-13H2,1-2H3,(H,24,27)(H,25,26)/b20-14-/t15-/m1/s1. The third-order valence-corrected chi connectivity index (χ3v) is 3.92. The van der Waals surface area contributed by atoms with Crippen LogP contribution in [0.2, 0.25) is 0 Å². The minimum atomic E-state index is -1.05. The molecule has 0 unspecified atom stereocenters. The first-order valence-electron chi connectivity index (χ1n) is 9.12. The summed E-state index contributed by atoms with van der Waals surface area (Å²) in [5.74, 6) is -2.04. The second-order valence-electron chi connectivity index (χ2n) is 6.36. The Kier molecular flexibility index (Phi) is 8.09. The Bertz CT molecular complexity index is 879. The summed E-state index contributed by atoms with van der Waals surface area (Å²) >= 11 is 0. The average molecular weight is 398 g/mol. The number of hydrogen-bond acceptors (Lipinski definition) is 4. The van der Waals surface area contributed by atoms with E-state index >= 15 is 0 Å². The molecule has 0 radical (unpaired) electrons. The van der Waals surface area contributed by atoms with Crippen molar-refractivity contribution in [2.75, 3.05) is 6.54 Å². The minimum Gasteiger partial charge on any atom is -0.448 e. The lowest BCUT2D eigenvalue weighted by molar-refractivity contribution is -0.151. The molecule has 1 atom stereocenters. The Morgan fingerprint density at radius 1 is 1.07 bits per heavy atom. The van der Waals surface area contributed by atoms with E-state index < -0.39 is 23.9 Å². The number of rotatable bonds is 8. The number of carbonyl (C=O) groups is 3. The number of halogens is 1. The van der Waals surface area contributed by atoms with Crippen LogP contribution < -0.4 is 10.6 Å². The summed E-state index contributed by atoms with van der Waals surface area (Å²) in [4.78, 5) is 36.0. The highest BCUT2D eigenvalue weighted by Crippen LogP contribution is 2.08. The van der Waals surface area contributed by atoms with Crippen molar-refractivity contribution in [2.24, 2.45) is 0 Å². The van der Waals surface area contributed by atoms with Gasteiger partial charge in [0.25, 0.3) is 5.91 Å². The Morgan fingerprint density at radius 3 is 2.34 bits per heavy atom. The quantitative estimate of drug-likeness (QED) is 0.529. The van der Waals surface area contributed by atoms with Crippen molar-refractivity contribution in [3.05, 3.63) is 77.2 Å². The van der Waals surface area contributed by atoms with Gasteiger partial charge in [0.05, 0.1) is 0 Å². The predicted molar refractivity (Wildman–Crippen MR) is 107 cm³/mol. The first kappa shape index (κ1) is 21.8. The Balaban J connectivity index is 1.91. The molecule has 2 N–H and O–H groups in total. The van der Waals surface area contributed by atoms with E-state index in [1.807, 2.05) is 6.07 Å². The van der Waals surface area contributed by atoms with Gasteiger partial charge in [-0.3, -0.25) is 9.59 Å². The minimum absolute atomic E-state index is 0.0605. The molecule has 0 bridgehead atoms. The summed E-state index contributed by atoms with van der Waals surface area (Å²) in [6.45, 7) is 3.03. The molecular weight excluding hydrogens is 375 g/mol. The third kappa shape index (κ3) is 7.57. The summed E-state index contributed by atoms with van der Waals surface area (Å²) in [6, 6.07) is 14.9. The normalized spacial score (nSPS) is 12.0. The molecule has 0 spiro atoms. The van der Waals surface area contributed by atoms with Gasteiger partial charge < -0.3 is 15.4 Å². The number of hydrogen-bond donors (Lipinski definition) is 2. The van der Waals surface area contributed by atoms with Crippen LogP contribution in [0.1, 0.15) is 25.0 Å². The largest absolute Gasteiger partial charge is 0.448 e. The van der Waals surface area contributed by atoms with Crippen LogP contribution in [0.3, 0.4) is 0 Å². The summed E-state index contributed by atoms with van der Waals surface area (Å²) in [7, 11) is 0. The molecule has 0 fully saturated rings. The first-order chi connectivity index (χ1) is 13.8. The smallest absolute Gasteiger partial charge is 0.355 e. The van der Waals surface area contributed by atoms with Crippen LogP contribution in [0.5, 0.6) is 0 Å². The molecular formula is C22H23FN2O4. The van der Waals surface area contributed by atoms with Crippen molar-refractivity contribution in [1.29, 1.82) is 0 Å². The van der Waals surface area contributed by atoms with E-state index in [9.17, 15) is 18.8 Å². The molecule has 0 aromatic heterocycles. The van der Waals surface area contributed by atoms with Crippen LogP contribution in [0.25, 0.3) is 6.08 Å². The summed E-state index contributed by atoms with van der Waals surface area (Å²) < 4.78 is 18.1. The van der Waals surface area contributed by atoms with Gasteiger partial charge in [0.1, 0.15) is 11.5 Å². The Morgan fingerprint density at radius 2 is 1.72 bits per heavy atom. The van der Waals surface area contributed by atoms with Gasteiger partial charge in [0.15, 0.2) is 6.10 Å². The van der Waals surface area contributed by atoms with Crippen LogP contribution in [-0.4, -0.2) is 30.4 Å². The van der Waals surface area contributed by atoms with Gasteiger partial charge in [-0.2, -0.15) is 0 Å². The van der Waals surface area contributed by atoms with Crippen molar-refractivity contribution in [3.63, 3.8) is 0 Å². The maximum atomic E-state index is 12.9. The van der Waals surface area contributed by atoms with Crippen LogP contribution in [0, 0.1) is 5.82 Å². The fraction of sp³-hybridized carbons (Fsp3) is 0.227. The van der Waals surface area contributed by atoms with E-state index in [0.29, 0.717) is 18.5 Å². The van der Waals surface area contributed by atoms with E-state index in [0.717, 1.165) is 5.56 Å². The topological polar surface area (TPSA) is 84.5 Å². The van der Waals surface area contributed by atoms with E-state index in [2.05, 4.69) is 10.6 Å². The second kappa shape index (κ2) is 10.8. The number of nitrogens with one attached hydrogen (secondary N) is 2. The summed E-state index contributed by atoms with van der Waals surface area (Å²) in [5, 5.41) is 5.09. The van der Waals surface area contributed by atoms with Gasteiger partial charge in [-0.1, -0.05) is 42.5 Å². The number of amides is 2. The average Bonchev–Trinajstić information content (AvgIpc) is 2.69. The molecule has 152 valence electrons. The van der Waals surface area contributed by atoms with Gasteiger partial charge in [-0.05, 0) is 42.7 Å². The summed E-state index contributed by atoms with van der Waals surface area (Å²) in [5.41, 5.74) is 1.51. The molecule has 7 heteroatoms. The number of benzene rings is 2. The van der Waals surface area contributed by atoms with Crippen molar-refractivity contribution >= 4 is 23.9 Å². The van der Waals surface area contributed by atoms with Crippen LogP contribution >= 0.6 is 0 Å². The zero-order chi connectivity index (χ0) is 21.2. The lowest BCUT2D eigenvalue weighted by Gasteiger charge is -2.15. The van der Waals surface area contributed by atoms with Crippen LogP contribution in [0.15, 0.2) is 60.3 Å². The number of ether oxygens (including phenoxy) is 1. The van der Waals surface area contributed by atoms with Crippen molar-refractivity contribution in [1.82, 2.24) is 10.6 Å². The SMILES string of the molecule is CC(=O)N/C(=C\c1ccccc1)C(=O)O[C@H](C)C(=O)NCCc1ccc(F)cc1. The lowest BCUT2D eigenvalue weighted by atomic mass is 10.1. The van der Waals surface area contributed by atoms with E-state index in [1.165, 1.54) is 32.1 Å². The second-order valence-corrected chi connectivity index (χ2v) is 6.36. The van der Waals surface area contributed by atoms with Gasteiger partial charge >= 0.3 is 5.97 Å². The molecule has 0 heterocycles. The highest BCUT2D eigenvalue weighted by Gasteiger charge is 2.21. The van der Waals surface area contributed by atoms with Crippen molar-refractivity contribution < 1.29 is 23.5 Å². The Labute approximate surface area is 168 Å². The molecule has 2 rings (SSSR count). The van der Waals surface area contributed by atoms with E-state index in [-0.39, 0.29) is 11.5 Å². The zero-order valence-electron chi connectivity index (χ0n) is 16.3. The van der Waals surface area contributed by atoms with E-state index in [4.69, 9.17) is 4.74 Å². The predicted octanol–water partition coefficient (Wildman–Crippen LogP) is 2.59. The molecule has 0 aliphatic heterocycles. The molecule has 2 aromatic carbocycles. The number of carbonyl (C=O) groups excluding carboxylic acids is 3. The van der Waals surface area contributed by atoms with Gasteiger partial charge in [-0.15, -0.1) is 0 Å². The molecule has 2 amide bonds. The maximum Gasteiger partial charge on any atom is 0.355 e. The zero-order valence-corrected chi connectivity index (χ0v) is 16.3. The number of esters is 1. The maximum absolute atomic E-state index is 12.9. The van der Waals surface area contributed by atoms with Gasteiger partial charge in [0.2, 0.25) is 5.91 Å². The van der Waals surface area contributed by atoms with Crippen LogP contribution in [0.4, 0.5) is 4.39 Å². The van der Waals surface area contributed by atoms with Crippen molar-refractivity contribution in [3.8, 4) is 0 Å². The summed E-state index contributed by atoms with van der Waals surface area (Å²) in [6.07, 6.45) is 0.935. The van der Waals surface area contributed by atoms with Gasteiger partial charge in [0, 0.05) is 13.5 Å². The molecule has 0 saturated heterocycles. The lowest BCUT2D eigenvalue weighted by Crippen LogP contribution is -2.38. The molecule has 29 heavy (non-hydrogen) atoms.